The Hall–Kier alpha value is -1.33. The van der Waals surface area contributed by atoms with Gasteiger partial charge in [0.05, 0.1) is 29.0 Å². The molecule has 0 aliphatic carbocycles. The molecule has 2 rings (SSSR count). The monoisotopic (exact) mass is 351 g/mol. The highest BCUT2D eigenvalue weighted by atomic mass is 79.9. The molecule has 0 radical (unpaired) electrons. The molecule has 1 heterocycles. The van der Waals surface area contributed by atoms with Crippen LogP contribution in [0.1, 0.15) is 37.1 Å². The van der Waals surface area contributed by atoms with Gasteiger partial charge in [-0.3, -0.25) is 4.68 Å². The van der Waals surface area contributed by atoms with E-state index >= 15 is 0 Å². The fourth-order valence-corrected chi connectivity index (χ4v) is 2.87. The number of nitrogens with two attached hydrogens (primary N) is 1. The van der Waals surface area contributed by atoms with Crippen LogP contribution in [0.25, 0.3) is 0 Å². The molecule has 2 aromatic rings. The Kier molecular flexibility index (Phi) is 5.82. The number of nitrogens with zero attached hydrogens (tertiary/aromatic N) is 2. The molecular formula is C16H22BrN3O. The smallest absolute Gasteiger partial charge is 0.119 e. The van der Waals surface area contributed by atoms with E-state index < -0.39 is 0 Å². The van der Waals surface area contributed by atoms with E-state index in [1.807, 2.05) is 29.1 Å². The minimum atomic E-state index is -0.0850. The van der Waals surface area contributed by atoms with E-state index in [0.29, 0.717) is 6.61 Å². The molecule has 21 heavy (non-hydrogen) atoms. The summed E-state index contributed by atoms with van der Waals surface area (Å²) in [6.07, 6.45) is 3.60. The van der Waals surface area contributed by atoms with Crippen LogP contribution in [0, 0.1) is 6.92 Å². The number of benzene rings is 1. The first-order valence-electron chi connectivity index (χ1n) is 7.28. The van der Waals surface area contributed by atoms with E-state index in [4.69, 9.17) is 10.5 Å². The van der Waals surface area contributed by atoms with Crippen LogP contribution in [0.2, 0.25) is 0 Å². The molecule has 0 aliphatic rings. The van der Waals surface area contributed by atoms with Crippen LogP contribution >= 0.6 is 15.9 Å². The normalized spacial score (nSPS) is 12.4. The molecule has 5 heteroatoms. The standard InChI is InChI=1S/C16H22BrN3O/c1-3-8-20-16(14(17)11-19-20)15(18)7-9-21-13-6-4-5-12(2)10-13/h4-6,10-11,15H,3,7-9,18H2,1-2H3. The first-order chi connectivity index (χ1) is 10.1. The number of hydrogen-bond donors (Lipinski definition) is 1. The van der Waals surface area contributed by atoms with Crippen LogP contribution in [0.15, 0.2) is 34.9 Å². The third-order valence-corrected chi connectivity index (χ3v) is 3.92. The van der Waals surface area contributed by atoms with Crippen molar-refractivity contribution in [2.45, 2.75) is 39.3 Å². The van der Waals surface area contributed by atoms with Gasteiger partial charge in [-0.15, -0.1) is 0 Å². The molecule has 0 saturated heterocycles. The summed E-state index contributed by atoms with van der Waals surface area (Å²) in [4.78, 5) is 0. The van der Waals surface area contributed by atoms with Crippen molar-refractivity contribution >= 4 is 15.9 Å². The zero-order valence-corrected chi connectivity index (χ0v) is 14.1. The third kappa shape index (κ3) is 4.32. The van der Waals surface area contributed by atoms with Crippen LogP contribution in [0.4, 0.5) is 0 Å². The highest BCUT2D eigenvalue weighted by Crippen LogP contribution is 2.24. The van der Waals surface area contributed by atoms with Crippen molar-refractivity contribution in [1.29, 1.82) is 0 Å². The van der Waals surface area contributed by atoms with E-state index in [1.54, 1.807) is 0 Å². The summed E-state index contributed by atoms with van der Waals surface area (Å²) < 4.78 is 8.72. The van der Waals surface area contributed by atoms with Gasteiger partial charge in [0, 0.05) is 13.0 Å². The van der Waals surface area contributed by atoms with Crippen LogP contribution in [-0.4, -0.2) is 16.4 Å². The highest BCUT2D eigenvalue weighted by Gasteiger charge is 2.16. The van der Waals surface area contributed by atoms with Crippen molar-refractivity contribution in [2.75, 3.05) is 6.61 Å². The van der Waals surface area contributed by atoms with E-state index in [9.17, 15) is 0 Å². The molecule has 0 amide bonds. The molecule has 2 N–H and O–H groups in total. The minimum Gasteiger partial charge on any atom is -0.494 e. The lowest BCUT2D eigenvalue weighted by molar-refractivity contribution is 0.295. The zero-order valence-electron chi connectivity index (χ0n) is 12.6. The number of aryl methyl sites for hydroxylation is 2. The third-order valence-electron chi connectivity index (χ3n) is 3.31. The van der Waals surface area contributed by atoms with Gasteiger partial charge in [0.15, 0.2) is 0 Å². The Bertz CT molecular complexity index is 583. The average Bonchev–Trinajstić information content (AvgIpc) is 2.80. The Morgan fingerprint density at radius 3 is 2.95 bits per heavy atom. The Labute approximate surface area is 134 Å². The van der Waals surface area contributed by atoms with Gasteiger partial charge < -0.3 is 10.5 Å². The van der Waals surface area contributed by atoms with Crippen molar-refractivity contribution in [3.05, 3.63) is 46.2 Å². The summed E-state index contributed by atoms with van der Waals surface area (Å²) >= 11 is 3.53. The predicted molar refractivity (Wildman–Crippen MR) is 88.4 cm³/mol. The quantitative estimate of drug-likeness (QED) is 0.824. The van der Waals surface area contributed by atoms with E-state index in [2.05, 4.69) is 40.9 Å². The Balaban J connectivity index is 1.93. The minimum absolute atomic E-state index is 0.0850. The van der Waals surface area contributed by atoms with Crippen LogP contribution in [0.5, 0.6) is 5.75 Å². The summed E-state index contributed by atoms with van der Waals surface area (Å²) in [5.74, 6) is 0.892. The van der Waals surface area contributed by atoms with E-state index in [0.717, 1.165) is 35.3 Å². The van der Waals surface area contributed by atoms with Gasteiger partial charge in [-0.1, -0.05) is 19.1 Å². The van der Waals surface area contributed by atoms with Gasteiger partial charge in [-0.05, 0) is 47.0 Å². The van der Waals surface area contributed by atoms with Crippen molar-refractivity contribution < 1.29 is 4.74 Å². The second kappa shape index (κ2) is 7.61. The lowest BCUT2D eigenvalue weighted by Crippen LogP contribution is -2.19. The molecule has 1 unspecified atom stereocenters. The summed E-state index contributed by atoms with van der Waals surface area (Å²) in [5.41, 5.74) is 8.54. The fourth-order valence-electron chi connectivity index (χ4n) is 2.28. The second-order valence-electron chi connectivity index (χ2n) is 5.16. The van der Waals surface area contributed by atoms with Crippen LogP contribution < -0.4 is 10.5 Å². The van der Waals surface area contributed by atoms with Crippen LogP contribution in [0.3, 0.4) is 0 Å². The van der Waals surface area contributed by atoms with Gasteiger partial charge in [0.25, 0.3) is 0 Å². The van der Waals surface area contributed by atoms with E-state index in [-0.39, 0.29) is 6.04 Å². The van der Waals surface area contributed by atoms with Gasteiger partial charge in [-0.2, -0.15) is 5.10 Å². The predicted octanol–water partition coefficient (Wildman–Crippen LogP) is 3.83. The lowest BCUT2D eigenvalue weighted by atomic mass is 10.1. The van der Waals surface area contributed by atoms with Gasteiger partial charge in [-0.25, -0.2) is 0 Å². The van der Waals surface area contributed by atoms with Crippen molar-refractivity contribution in [3.63, 3.8) is 0 Å². The maximum atomic E-state index is 6.29. The summed E-state index contributed by atoms with van der Waals surface area (Å²) in [5, 5.41) is 4.35. The number of ether oxygens (including phenoxy) is 1. The molecule has 0 fully saturated rings. The second-order valence-corrected chi connectivity index (χ2v) is 6.02. The number of halogens is 1. The highest BCUT2D eigenvalue weighted by molar-refractivity contribution is 9.10. The number of rotatable bonds is 7. The molecule has 0 bridgehead atoms. The van der Waals surface area contributed by atoms with E-state index in [1.165, 1.54) is 5.56 Å². The Morgan fingerprint density at radius 1 is 1.43 bits per heavy atom. The van der Waals surface area contributed by atoms with Crippen molar-refractivity contribution in [2.24, 2.45) is 5.73 Å². The zero-order chi connectivity index (χ0) is 15.2. The molecule has 4 nitrogen and oxygen atoms in total. The first kappa shape index (κ1) is 16.0. The van der Waals surface area contributed by atoms with Crippen molar-refractivity contribution in [1.82, 2.24) is 9.78 Å². The average molecular weight is 352 g/mol. The molecule has 1 aromatic heterocycles. The van der Waals surface area contributed by atoms with Gasteiger partial charge in [0.1, 0.15) is 5.75 Å². The summed E-state index contributed by atoms with van der Waals surface area (Å²) in [6.45, 7) is 5.66. The van der Waals surface area contributed by atoms with Crippen molar-refractivity contribution in [3.8, 4) is 5.75 Å². The maximum Gasteiger partial charge on any atom is 0.119 e. The van der Waals surface area contributed by atoms with Gasteiger partial charge >= 0.3 is 0 Å². The number of hydrogen-bond acceptors (Lipinski definition) is 3. The SMILES string of the molecule is CCCn1ncc(Br)c1C(N)CCOc1cccc(C)c1. The van der Waals surface area contributed by atoms with Crippen LogP contribution in [-0.2, 0) is 6.54 Å². The molecule has 0 spiro atoms. The Morgan fingerprint density at radius 2 is 2.24 bits per heavy atom. The molecule has 0 aliphatic heterocycles. The summed E-state index contributed by atoms with van der Waals surface area (Å²) in [6, 6.07) is 7.97. The molecule has 1 aromatic carbocycles. The maximum absolute atomic E-state index is 6.29. The molecule has 1 atom stereocenters. The topological polar surface area (TPSA) is 53.1 Å². The first-order valence-corrected chi connectivity index (χ1v) is 8.07. The fraction of sp³-hybridized carbons (Fsp3) is 0.438. The summed E-state index contributed by atoms with van der Waals surface area (Å²) in [7, 11) is 0. The number of aromatic nitrogens is 2. The molecule has 114 valence electrons. The lowest BCUT2D eigenvalue weighted by Gasteiger charge is -2.15. The molecular weight excluding hydrogens is 330 g/mol. The largest absolute Gasteiger partial charge is 0.494 e. The molecule has 0 saturated carbocycles. The van der Waals surface area contributed by atoms with Gasteiger partial charge in [0.2, 0.25) is 0 Å².